The highest BCUT2D eigenvalue weighted by Crippen LogP contribution is 2.37. The lowest BCUT2D eigenvalue weighted by molar-refractivity contribution is 0.0776. The molecular formula is C20H27N5O4S2. The van der Waals surface area contributed by atoms with Crippen molar-refractivity contribution in [1.29, 1.82) is 0 Å². The molecule has 0 aliphatic heterocycles. The number of nitrogens with two attached hydrogens (primary N) is 1. The number of amides is 2. The molecule has 2 aromatic heterocycles. The van der Waals surface area contributed by atoms with E-state index in [0.717, 1.165) is 78.1 Å². The Morgan fingerprint density at radius 1 is 1.23 bits per heavy atom. The number of nitrogens with one attached hydrogen (secondary N) is 1. The Kier molecular flexibility index (Phi) is 5.90. The maximum absolute atomic E-state index is 13.3. The van der Waals surface area contributed by atoms with Gasteiger partial charge in [-0.15, -0.1) is 15.7 Å². The van der Waals surface area contributed by atoms with Crippen LogP contribution in [0.3, 0.4) is 0 Å². The zero-order valence-electron chi connectivity index (χ0n) is 17.9. The number of methoxy groups -OCH3 is 1. The summed E-state index contributed by atoms with van der Waals surface area (Å²) < 4.78 is 22.3. The first-order valence-corrected chi connectivity index (χ1v) is 12.6. The van der Waals surface area contributed by atoms with E-state index in [9.17, 15) is 14.1 Å². The molecule has 11 heteroatoms. The molecule has 2 aliphatic carbocycles. The van der Waals surface area contributed by atoms with Crippen molar-refractivity contribution in [3.8, 4) is 0 Å². The van der Waals surface area contributed by atoms with Gasteiger partial charge in [0.25, 0.3) is 0 Å². The first-order chi connectivity index (χ1) is 14.6. The van der Waals surface area contributed by atoms with E-state index in [1.807, 2.05) is 0 Å². The highest BCUT2D eigenvalue weighted by molar-refractivity contribution is 7.93. The lowest BCUT2D eigenvalue weighted by atomic mass is 10.1. The van der Waals surface area contributed by atoms with Crippen LogP contribution in [0.15, 0.2) is 8.57 Å². The number of anilines is 1. The van der Waals surface area contributed by atoms with Crippen molar-refractivity contribution >= 4 is 33.0 Å². The Labute approximate surface area is 185 Å². The molecule has 1 unspecified atom stereocenters. The Morgan fingerprint density at radius 2 is 1.84 bits per heavy atom. The largest absolute Gasteiger partial charge is 0.383 e. The molecule has 9 nitrogen and oxygen atoms in total. The van der Waals surface area contributed by atoms with Crippen LogP contribution in [-0.2, 0) is 52.5 Å². The van der Waals surface area contributed by atoms with Gasteiger partial charge in [-0.3, -0.25) is 4.98 Å². The number of fused-ring (bicyclic) bond motifs is 2. The van der Waals surface area contributed by atoms with Gasteiger partial charge in [-0.2, -0.15) is 0 Å². The van der Waals surface area contributed by atoms with Crippen LogP contribution >= 0.6 is 11.3 Å². The first kappa shape index (κ1) is 22.3. The van der Waals surface area contributed by atoms with E-state index in [1.54, 1.807) is 13.8 Å². The summed E-state index contributed by atoms with van der Waals surface area (Å²) in [6.07, 6.45) is 5.50. The number of aryl methyl sites for hydroxylation is 2. The van der Waals surface area contributed by atoms with Gasteiger partial charge in [0.05, 0.1) is 18.0 Å². The summed E-state index contributed by atoms with van der Waals surface area (Å²) in [6.45, 7) is 3.18. The maximum Gasteiger partial charge on any atom is 0.354 e. The summed E-state index contributed by atoms with van der Waals surface area (Å²) in [4.78, 5) is 21.9. The minimum atomic E-state index is -3.59. The van der Waals surface area contributed by atoms with Gasteiger partial charge in [-0.25, -0.2) is 19.1 Å². The van der Waals surface area contributed by atoms with E-state index in [4.69, 9.17) is 14.9 Å². The number of pyridine rings is 1. The second-order valence-corrected chi connectivity index (χ2v) is 11.4. The Bertz CT molecular complexity index is 1130. The molecule has 4 rings (SSSR count). The lowest BCUT2D eigenvalue weighted by Gasteiger charge is -2.14. The van der Waals surface area contributed by atoms with Crippen LogP contribution in [0, 0.1) is 0 Å². The van der Waals surface area contributed by atoms with Crippen LogP contribution in [0.4, 0.5) is 10.5 Å². The fraction of sp³-hybridized carbons (Fsp3) is 0.550. The third-order valence-corrected chi connectivity index (χ3v) is 8.81. The predicted molar refractivity (Wildman–Crippen MR) is 118 cm³/mol. The van der Waals surface area contributed by atoms with Gasteiger partial charge in [0, 0.05) is 18.5 Å². The van der Waals surface area contributed by atoms with Crippen LogP contribution in [0.5, 0.6) is 0 Å². The molecule has 2 amide bonds. The normalized spacial score (nSPS) is 17.2. The molecule has 168 valence electrons. The van der Waals surface area contributed by atoms with Crippen molar-refractivity contribution in [1.82, 2.24) is 9.97 Å². The number of rotatable bonds is 5. The minimum Gasteiger partial charge on any atom is -0.383 e. The van der Waals surface area contributed by atoms with E-state index in [0.29, 0.717) is 10.7 Å². The van der Waals surface area contributed by atoms with Crippen LogP contribution in [-0.4, -0.2) is 32.4 Å². The first-order valence-electron chi connectivity index (χ1n) is 10.2. The second-order valence-electron chi connectivity index (χ2n) is 8.38. The van der Waals surface area contributed by atoms with E-state index < -0.39 is 21.5 Å². The molecule has 1 atom stereocenters. The van der Waals surface area contributed by atoms with Gasteiger partial charge in [-0.1, -0.05) is 0 Å². The van der Waals surface area contributed by atoms with E-state index in [2.05, 4.69) is 14.7 Å². The molecular weight excluding hydrogens is 438 g/mol. The predicted octanol–water partition coefficient (Wildman–Crippen LogP) is 2.82. The number of aliphatic hydroxyl groups is 1. The molecule has 0 bridgehead atoms. The van der Waals surface area contributed by atoms with E-state index >= 15 is 0 Å². The van der Waals surface area contributed by atoms with Gasteiger partial charge in [-0.05, 0) is 63.5 Å². The SMILES string of the molecule is COCc1nc(C(C)(C)O)sc1S(N)(=O)=NC(=O)Nc1c2c(nc3c1CCC3)CCC2. The number of hydrogen-bond donors (Lipinski definition) is 3. The summed E-state index contributed by atoms with van der Waals surface area (Å²) >= 11 is 0.977. The Hall–Kier alpha value is -1.92. The average Bonchev–Trinajstić information content (AvgIpc) is 3.39. The average molecular weight is 466 g/mol. The molecule has 31 heavy (non-hydrogen) atoms. The summed E-state index contributed by atoms with van der Waals surface area (Å²) in [5.74, 6) is 0. The number of carbonyl (C=O) groups excluding carboxylic acids is 1. The topological polar surface area (TPSA) is 140 Å². The molecule has 2 heterocycles. The molecule has 0 saturated carbocycles. The smallest absolute Gasteiger partial charge is 0.354 e. The third kappa shape index (κ3) is 4.37. The molecule has 2 aliphatic rings. The van der Waals surface area contributed by atoms with Crippen molar-refractivity contribution in [2.24, 2.45) is 9.50 Å². The number of ether oxygens (including phenoxy) is 1. The van der Waals surface area contributed by atoms with E-state index in [-0.39, 0.29) is 10.8 Å². The van der Waals surface area contributed by atoms with Crippen molar-refractivity contribution < 1.29 is 18.8 Å². The summed E-state index contributed by atoms with van der Waals surface area (Å²) in [6, 6.07) is -0.761. The number of aromatic nitrogens is 2. The number of hydrogen-bond acceptors (Lipinski definition) is 7. The van der Waals surface area contributed by atoms with Crippen molar-refractivity contribution in [2.75, 3.05) is 12.4 Å². The fourth-order valence-electron chi connectivity index (χ4n) is 4.09. The molecule has 0 spiro atoms. The van der Waals surface area contributed by atoms with Crippen molar-refractivity contribution in [3.63, 3.8) is 0 Å². The Balaban J connectivity index is 1.69. The summed E-state index contributed by atoms with van der Waals surface area (Å²) in [5.41, 5.74) is 3.98. The molecule has 0 saturated heterocycles. The van der Waals surface area contributed by atoms with Crippen LogP contribution < -0.4 is 10.5 Å². The summed E-state index contributed by atoms with van der Waals surface area (Å²) in [5, 5.41) is 19.5. The number of urea groups is 1. The van der Waals surface area contributed by atoms with Crippen LogP contribution in [0.25, 0.3) is 0 Å². The Morgan fingerprint density at radius 3 is 2.39 bits per heavy atom. The monoisotopic (exact) mass is 465 g/mol. The molecule has 2 aromatic rings. The number of carbonyl (C=O) groups is 1. The zero-order chi connectivity index (χ0) is 22.4. The maximum atomic E-state index is 13.3. The number of thiazole rings is 1. The van der Waals surface area contributed by atoms with Crippen molar-refractivity contribution in [3.05, 3.63) is 33.2 Å². The molecule has 0 aromatic carbocycles. The highest BCUT2D eigenvalue weighted by Gasteiger charge is 2.29. The number of nitrogens with zero attached hydrogens (tertiary/aromatic N) is 3. The lowest BCUT2D eigenvalue weighted by Crippen LogP contribution is -2.19. The van der Waals surface area contributed by atoms with Gasteiger partial charge >= 0.3 is 6.03 Å². The standard InChI is InChI=1S/C20H27N5O4S2/c1-20(2,27)18-23-15(10-29-3)17(30-18)31(21,28)25-19(26)24-16-11-6-4-8-13(11)22-14-9-5-7-12(14)16/h27H,4-10H2,1-3H3,(H3,21,22,24,25,26,28). The van der Waals surface area contributed by atoms with Crippen molar-refractivity contribution in [2.45, 2.75) is 68.8 Å². The zero-order valence-corrected chi connectivity index (χ0v) is 19.5. The van der Waals surface area contributed by atoms with Crippen LogP contribution in [0.2, 0.25) is 0 Å². The third-order valence-electron chi connectivity index (χ3n) is 5.43. The van der Waals surface area contributed by atoms with Gasteiger partial charge < -0.3 is 15.2 Å². The van der Waals surface area contributed by atoms with E-state index in [1.165, 1.54) is 7.11 Å². The quantitative estimate of drug-likeness (QED) is 0.620. The second kappa shape index (κ2) is 8.21. The van der Waals surface area contributed by atoms with Gasteiger partial charge in [0.1, 0.15) is 14.8 Å². The molecule has 4 N–H and O–H groups in total. The minimum absolute atomic E-state index is 0.0403. The van der Waals surface area contributed by atoms with Crippen LogP contribution in [0.1, 0.15) is 59.9 Å². The van der Waals surface area contributed by atoms with Gasteiger partial charge in [0.2, 0.25) is 0 Å². The molecule has 0 fully saturated rings. The fourth-order valence-corrected chi connectivity index (χ4v) is 6.53. The van der Waals surface area contributed by atoms with Gasteiger partial charge in [0.15, 0.2) is 9.92 Å². The highest BCUT2D eigenvalue weighted by atomic mass is 32.2. The molecule has 0 radical (unpaired) electrons. The summed E-state index contributed by atoms with van der Waals surface area (Å²) in [7, 11) is -2.12.